The summed E-state index contributed by atoms with van der Waals surface area (Å²) >= 11 is 0. The van der Waals surface area contributed by atoms with Gasteiger partial charge in [-0.3, -0.25) is 0 Å². The van der Waals surface area contributed by atoms with E-state index in [4.69, 9.17) is 9.47 Å². The van der Waals surface area contributed by atoms with Gasteiger partial charge in [-0.15, -0.1) is 0 Å². The molecule has 1 saturated heterocycles. The third-order valence-corrected chi connectivity index (χ3v) is 3.80. The van der Waals surface area contributed by atoms with Crippen molar-refractivity contribution in [2.45, 2.75) is 19.8 Å². The zero-order valence-electron chi connectivity index (χ0n) is 11.0. The minimum atomic E-state index is 0.367. The van der Waals surface area contributed by atoms with Crippen LogP contribution in [0.1, 0.15) is 18.1 Å². The second-order valence-electron chi connectivity index (χ2n) is 5.77. The maximum absolute atomic E-state index is 5.52. The van der Waals surface area contributed by atoms with E-state index in [1.165, 1.54) is 11.1 Å². The van der Waals surface area contributed by atoms with Gasteiger partial charge in [0, 0.05) is 18.4 Å². The molecule has 18 heavy (non-hydrogen) atoms. The van der Waals surface area contributed by atoms with Gasteiger partial charge in [-0.1, -0.05) is 19.1 Å². The SMILES string of the molecule is CC1(CNCCc2ccc3c(c2)CCO3)COC1. The van der Waals surface area contributed by atoms with Crippen LogP contribution in [0.25, 0.3) is 0 Å². The van der Waals surface area contributed by atoms with Gasteiger partial charge in [0.25, 0.3) is 0 Å². The van der Waals surface area contributed by atoms with Gasteiger partial charge < -0.3 is 14.8 Å². The Morgan fingerprint density at radius 3 is 3.00 bits per heavy atom. The van der Waals surface area contributed by atoms with Crippen LogP contribution in [0.15, 0.2) is 18.2 Å². The van der Waals surface area contributed by atoms with Crippen LogP contribution in [0.4, 0.5) is 0 Å². The van der Waals surface area contributed by atoms with E-state index in [0.717, 1.165) is 51.5 Å². The lowest BCUT2D eigenvalue weighted by Crippen LogP contribution is -2.47. The van der Waals surface area contributed by atoms with Crippen molar-refractivity contribution in [3.8, 4) is 5.75 Å². The van der Waals surface area contributed by atoms with Crippen LogP contribution in [0, 0.1) is 5.41 Å². The number of hydrogen-bond acceptors (Lipinski definition) is 3. The van der Waals surface area contributed by atoms with Crippen molar-refractivity contribution >= 4 is 0 Å². The molecule has 1 fully saturated rings. The molecule has 3 rings (SSSR count). The Morgan fingerprint density at radius 1 is 1.33 bits per heavy atom. The first-order valence-electron chi connectivity index (χ1n) is 6.78. The molecule has 2 heterocycles. The van der Waals surface area contributed by atoms with Gasteiger partial charge in [0.2, 0.25) is 0 Å². The standard InChI is InChI=1S/C15H21NO2/c1-15(10-17-11-15)9-16-6-4-12-2-3-14-13(8-12)5-7-18-14/h2-3,8,16H,4-7,9-11H2,1H3. The molecule has 3 nitrogen and oxygen atoms in total. The Morgan fingerprint density at radius 2 is 2.22 bits per heavy atom. The fourth-order valence-electron chi connectivity index (χ4n) is 2.57. The predicted molar refractivity (Wildman–Crippen MR) is 71.1 cm³/mol. The summed E-state index contributed by atoms with van der Waals surface area (Å²) in [5.74, 6) is 1.07. The fourth-order valence-corrected chi connectivity index (χ4v) is 2.57. The third kappa shape index (κ3) is 2.52. The smallest absolute Gasteiger partial charge is 0.122 e. The first-order chi connectivity index (χ1) is 8.75. The van der Waals surface area contributed by atoms with E-state index in [9.17, 15) is 0 Å². The first-order valence-corrected chi connectivity index (χ1v) is 6.78. The first kappa shape index (κ1) is 12.0. The maximum atomic E-state index is 5.52. The van der Waals surface area contributed by atoms with Gasteiger partial charge in [0.1, 0.15) is 5.75 Å². The van der Waals surface area contributed by atoms with Crippen LogP contribution in [0.5, 0.6) is 5.75 Å². The molecule has 0 bridgehead atoms. The van der Waals surface area contributed by atoms with E-state index in [1.54, 1.807) is 0 Å². The molecule has 98 valence electrons. The number of rotatable bonds is 5. The zero-order valence-corrected chi connectivity index (χ0v) is 11.0. The molecule has 2 aliphatic heterocycles. The van der Waals surface area contributed by atoms with Crippen LogP contribution in [-0.4, -0.2) is 32.9 Å². The summed E-state index contributed by atoms with van der Waals surface area (Å²) in [6, 6.07) is 6.58. The number of hydrogen-bond donors (Lipinski definition) is 1. The Balaban J connectivity index is 1.45. The van der Waals surface area contributed by atoms with Crippen molar-refractivity contribution in [3.05, 3.63) is 29.3 Å². The van der Waals surface area contributed by atoms with Crippen LogP contribution >= 0.6 is 0 Å². The Hall–Kier alpha value is -1.06. The average molecular weight is 247 g/mol. The molecule has 0 unspecified atom stereocenters. The molecule has 0 amide bonds. The van der Waals surface area contributed by atoms with Crippen molar-refractivity contribution in [2.24, 2.45) is 5.41 Å². The second kappa shape index (κ2) is 4.90. The van der Waals surface area contributed by atoms with E-state index in [-0.39, 0.29) is 0 Å². The van der Waals surface area contributed by atoms with Gasteiger partial charge in [0.05, 0.1) is 19.8 Å². The molecule has 0 aliphatic carbocycles. The highest BCUT2D eigenvalue weighted by atomic mass is 16.5. The Kier molecular flexibility index (Phi) is 3.27. The van der Waals surface area contributed by atoms with Gasteiger partial charge in [-0.2, -0.15) is 0 Å². The van der Waals surface area contributed by atoms with Gasteiger partial charge in [-0.05, 0) is 30.2 Å². The van der Waals surface area contributed by atoms with Crippen LogP contribution < -0.4 is 10.1 Å². The number of fused-ring (bicyclic) bond motifs is 1. The Labute approximate surface area is 108 Å². The average Bonchev–Trinajstić information content (AvgIpc) is 2.79. The van der Waals surface area contributed by atoms with Crippen molar-refractivity contribution in [1.82, 2.24) is 5.32 Å². The number of nitrogens with one attached hydrogen (secondary N) is 1. The molecular formula is C15H21NO2. The third-order valence-electron chi connectivity index (χ3n) is 3.80. The molecule has 0 atom stereocenters. The van der Waals surface area contributed by atoms with Gasteiger partial charge in [-0.25, -0.2) is 0 Å². The summed E-state index contributed by atoms with van der Waals surface area (Å²) < 4.78 is 10.8. The molecule has 0 saturated carbocycles. The molecule has 1 aromatic carbocycles. The van der Waals surface area contributed by atoms with Crippen molar-refractivity contribution in [1.29, 1.82) is 0 Å². The fraction of sp³-hybridized carbons (Fsp3) is 0.600. The van der Waals surface area contributed by atoms with Crippen molar-refractivity contribution < 1.29 is 9.47 Å². The maximum Gasteiger partial charge on any atom is 0.122 e. The molecule has 2 aliphatic rings. The normalized spacial score (nSPS) is 20.1. The molecule has 1 N–H and O–H groups in total. The highest BCUT2D eigenvalue weighted by Crippen LogP contribution is 2.26. The summed E-state index contributed by atoms with van der Waals surface area (Å²) in [5.41, 5.74) is 3.14. The lowest BCUT2D eigenvalue weighted by atomic mass is 9.89. The van der Waals surface area contributed by atoms with Crippen LogP contribution in [0.2, 0.25) is 0 Å². The minimum Gasteiger partial charge on any atom is -0.493 e. The second-order valence-corrected chi connectivity index (χ2v) is 5.77. The monoisotopic (exact) mass is 247 g/mol. The molecule has 3 heteroatoms. The zero-order chi connectivity index (χ0) is 12.4. The summed E-state index contributed by atoms with van der Waals surface area (Å²) in [4.78, 5) is 0. The van der Waals surface area contributed by atoms with E-state index < -0.39 is 0 Å². The summed E-state index contributed by atoms with van der Waals surface area (Å²) in [7, 11) is 0. The lowest BCUT2D eigenvalue weighted by molar-refractivity contribution is -0.0988. The van der Waals surface area contributed by atoms with Gasteiger partial charge >= 0.3 is 0 Å². The van der Waals surface area contributed by atoms with E-state index in [2.05, 4.69) is 30.4 Å². The van der Waals surface area contributed by atoms with E-state index in [0.29, 0.717) is 5.41 Å². The van der Waals surface area contributed by atoms with E-state index >= 15 is 0 Å². The molecule has 0 spiro atoms. The van der Waals surface area contributed by atoms with Crippen molar-refractivity contribution in [2.75, 3.05) is 32.9 Å². The molecular weight excluding hydrogens is 226 g/mol. The predicted octanol–water partition coefficient (Wildman–Crippen LogP) is 1.79. The minimum absolute atomic E-state index is 0.367. The van der Waals surface area contributed by atoms with Crippen LogP contribution in [-0.2, 0) is 17.6 Å². The quantitative estimate of drug-likeness (QED) is 0.805. The molecule has 1 aromatic rings. The highest BCUT2D eigenvalue weighted by Gasteiger charge is 2.32. The van der Waals surface area contributed by atoms with E-state index in [1.807, 2.05) is 0 Å². The molecule has 0 aromatic heterocycles. The summed E-state index contributed by atoms with van der Waals surface area (Å²) in [6.07, 6.45) is 2.15. The number of benzene rings is 1. The number of ether oxygens (including phenoxy) is 2. The summed E-state index contributed by atoms with van der Waals surface area (Å²) in [6.45, 7) is 7.01. The highest BCUT2D eigenvalue weighted by molar-refractivity contribution is 5.39. The summed E-state index contributed by atoms with van der Waals surface area (Å²) in [5, 5.41) is 3.53. The lowest BCUT2D eigenvalue weighted by Gasteiger charge is -2.38. The topological polar surface area (TPSA) is 30.5 Å². The van der Waals surface area contributed by atoms with Crippen LogP contribution in [0.3, 0.4) is 0 Å². The largest absolute Gasteiger partial charge is 0.493 e. The Bertz CT molecular complexity index is 427. The molecule has 0 radical (unpaired) electrons. The van der Waals surface area contributed by atoms with Gasteiger partial charge in [0.15, 0.2) is 0 Å². The van der Waals surface area contributed by atoms with Crippen molar-refractivity contribution in [3.63, 3.8) is 0 Å².